The van der Waals surface area contributed by atoms with Crippen LogP contribution in [0.4, 0.5) is 0 Å². The number of nitrogens with zero attached hydrogens (tertiary/aromatic N) is 4. The maximum atomic E-state index is 12.5. The zero-order valence-corrected chi connectivity index (χ0v) is 15.5. The molecule has 0 unspecified atom stereocenters. The molecular formula is C19H20N4OS. The normalized spacial score (nSPS) is 11.4. The first-order chi connectivity index (χ1) is 11.9. The molecule has 0 bridgehead atoms. The molecule has 0 saturated heterocycles. The molecule has 1 amide bonds. The number of rotatable bonds is 3. The molecule has 2 aromatic heterocycles. The summed E-state index contributed by atoms with van der Waals surface area (Å²) in [6, 6.07) is 13.7. The minimum Gasteiger partial charge on any atom is -0.336 e. The highest BCUT2D eigenvalue weighted by Crippen LogP contribution is 2.25. The predicted molar refractivity (Wildman–Crippen MR) is 100 cm³/mol. The molecule has 128 valence electrons. The van der Waals surface area contributed by atoms with E-state index in [0.29, 0.717) is 16.4 Å². The van der Waals surface area contributed by atoms with Gasteiger partial charge in [0.1, 0.15) is 16.4 Å². The Balaban J connectivity index is 1.82. The van der Waals surface area contributed by atoms with Gasteiger partial charge in [0.25, 0.3) is 5.91 Å². The first kappa shape index (κ1) is 17.2. The molecule has 0 atom stereocenters. The van der Waals surface area contributed by atoms with Crippen molar-refractivity contribution in [2.24, 2.45) is 0 Å². The highest BCUT2D eigenvalue weighted by molar-refractivity contribution is 7.13. The molecule has 0 radical (unpaired) electrons. The van der Waals surface area contributed by atoms with Gasteiger partial charge in [-0.3, -0.25) is 4.79 Å². The third kappa shape index (κ3) is 3.74. The van der Waals surface area contributed by atoms with E-state index in [1.165, 1.54) is 11.3 Å². The van der Waals surface area contributed by atoms with E-state index in [0.717, 1.165) is 11.3 Å². The zero-order valence-electron chi connectivity index (χ0n) is 14.7. The van der Waals surface area contributed by atoms with Crippen LogP contribution in [0.5, 0.6) is 0 Å². The fourth-order valence-electron chi connectivity index (χ4n) is 2.18. The lowest BCUT2D eigenvalue weighted by atomic mass is 10.1. The third-order valence-electron chi connectivity index (χ3n) is 3.99. The third-order valence-corrected chi connectivity index (χ3v) is 4.85. The van der Waals surface area contributed by atoms with Crippen molar-refractivity contribution in [2.45, 2.75) is 26.3 Å². The molecule has 0 spiro atoms. The lowest BCUT2D eigenvalue weighted by molar-refractivity contribution is 0.0650. The smallest absolute Gasteiger partial charge is 0.273 e. The molecule has 1 aromatic carbocycles. The fraction of sp³-hybridized carbons (Fsp3) is 0.263. The average molecular weight is 352 g/mol. The van der Waals surface area contributed by atoms with Crippen LogP contribution in [0.2, 0.25) is 0 Å². The van der Waals surface area contributed by atoms with Gasteiger partial charge in [0.2, 0.25) is 0 Å². The standard InChI is InChI=1S/C19H20N4OS/c1-19(2,3)23(4)18(24)16-12-25-17(20-16)15-11-10-14(21-22-15)13-8-6-5-7-9-13/h5-12H,1-4H3. The summed E-state index contributed by atoms with van der Waals surface area (Å²) >= 11 is 1.40. The van der Waals surface area contributed by atoms with Crippen molar-refractivity contribution >= 4 is 17.2 Å². The van der Waals surface area contributed by atoms with Gasteiger partial charge in [0.15, 0.2) is 0 Å². The van der Waals surface area contributed by atoms with Gasteiger partial charge < -0.3 is 4.90 Å². The topological polar surface area (TPSA) is 59.0 Å². The van der Waals surface area contributed by atoms with Crippen LogP contribution in [0.25, 0.3) is 22.0 Å². The monoisotopic (exact) mass is 352 g/mol. The molecule has 5 nitrogen and oxygen atoms in total. The highest BCUT2D eigenvalue weighted by atomic mass is 32.1. The van der Waals surface area contributed by atoms with Crippen molar-refractivity contribution in [3.8, 4) is 22.0 Å². The van der Waals surface area contributed by atoms with E-state index in [1.54, 1.807) is 17.3 Å². The van der Waals surface area contributed by atoms with E-state index in [-0.39, 0.29) is 11.4 Å². The Hall–Kier alpha value is -2.60. The van der Waals surface area contributed by atoms with Gasteiger partial charge in [-0.05, 0) is 32.9 Å². The molecule has 2 heterocycles. The summed E-state index contributed by atoms with van der Waals surface area (Å²) in [4.78, 5) is 18.6. The van der Waals surface area contributed by atoms with Crippen LogP contribution in [0.1, 0.15) is 31.3 Å². The van der Waals surface area contributed by atoms with E-state index >= 15 is 0 Å². The van der Waals surface area contributed by atoms with E-state index in [1.807, 2.05) is 63.2 Å². The van der Waals surface area contributed by atoms with Gasteiger partial charge in [-0.2, -0.15) is 0 Å². The summed E-state index contributed by atoms with van der Waals surface area (Å²) in [5.41, 5.74) is 2.68. The van der Waals surface area contributed by atoms with Gasteiger partial charge in [0.05, 0.1) is 5.69 Å². The number of carbonyl (C=O) groups excluding carboxylic acids is 1. The predicted octanol–water partition coefficient (Wildman–Crippen LogP) is 4.14. The summed E-state index contributed by atoms with van der Waals surface area (Å²) in [6.07, 6.45) is 0. The quantitative estimate of drug-likeness (QED) is 0.711. The van der Waals surface area contributed by atoms with Crippen LogP contribution < -0.4 is 0 Å². The lowest BCUT2D eigenvalue weighted by Gasteiger charge is -2.31. The maximum Gasteiger partial charge on any atom is 0.273 e. The number of carbonyl (C=O) groups is 1. The van der Waals surface area contributed by atoms with Crippen molar-refractivity contribution in [1.82, 2.24) is 20.1 Å². The van der Waals surface area contributed by atoms with Crippen LogP contribution >= 0.6 is 11.3 Å². The second kappa shape index (κ2) is 6.72. The number of benzene rings is 1. The zero-order chi connectivity index (χ0) is 18.0. The van der Waals surface area contributed by atoms with Crippen LogP contribution in [0.15, 0.2) is 47.8 Å². The summed E-state index contributed by atoms with van der Waals surface area (Å²) in [5, 5.41) is 11.0. The van der Waals surface area contributed by atoms with Gasteiger partial charge in [-0.15, -0.1) is 21.5 Å². The molecule has 0 aliphatic carbocycles. The molecular weight excluding hydrogens is 332 g/mol. The molecule has 25 heavy (non-hydrogen) atoms. The molecule has 0 aliphatic heterocycles. The van der Waals surface area contributed by atoms with E-state index in [2.05, 4.69) is 15.2 Å². The van der Waals surface area contributed by atoms with E-state index < -0.39 is 0 Å². The summed E-state index contributed by atoms with van der Waals surface area (Å²) in [5.74, 6) is -0.0936. The Labute approximate surface area is 151 Å². The summed E-state index contributed by atoms with van der Waals surface area (Å²) < 4.78 is 0. The summed E-state index contributed by atoms with van der Waals surface area (Å²) in [7, 11) is 1.79. The minimum absolute atomic E-state index is 0.0936. The van der Waals surface area contributed by atoms with Crippen molar-refractivity contribution in [2.75, 3.05) is 7.05 Å². The van der Waals surface area contributed by atoms with Crippen LogP contribution in [-0.2, 0) is 0 Å². The SMILES string of the molecule is CN(C(=O)c1csc(-c2ccc(-c3ccccc3)nn2)n1)C(C)(C)C. The van der Waals surface area contributed by atoms with Crippen LogP contribution in [0.3, 0.4) is 0 Å². The first-order valence-corrected chi connectivity index (χ1v) is 8.87. The second-order valence-electron chi connectivity index (χ2n) is 6.74. The van der Waals surface area contributed by atoms with Crippen molar-refractivity contribution in [3.05, 3.63) is 53.5 Å². The average Bonchev–Trinajstić information content (AvgIpc) is 3.10. The van der Waals surface area contributed by atoms with E-state index in [4.69, 9.17) is 0 Å². The lowest BCUT2D eigenvalue weighted by Crippen LogP contribution is -2.42. The molecule has 6 heteroatoms. The second-order valence-corrected chi connectivity index (χ2v) is 7.60. The van der Waals surface area contributed by atoms with Crippen molar-refractivity contribution in [3.63, 3.8) is 0 Å². The van der Waals surface area contributed by atoms with Gasteiger partial charge in [0, 0.05) is 23.5 Å². The Bertz CT molecular complexity index is 866. The van der Waals surface area contributed by atoms with Gasteiger partial charge >= 0.3 is 0 Å². The molecule has 0 aliphatic rings. The Morgan fingerprint density at radius 1 is 1.00 bits per heavy atom. The Morgan fingerprint density at radius 2 is 1.64 bits per heavy atom. The fourth-order valence-corrected chi connectivity index (χ4v) is 2.93. The number of thiazole rings is 1. The Kier molecular flexibility index (Phi) is 4.63. The van der Waals surface area contributed by atoms with Gasteiger partial charge in [-0.25, -0.2) is 4.98 Å². The van der Waals surface area contributed by atoms with Crippen LogP contribution in [-0.4, -0.2) is 38.6 Å². The molecule has 3 aromatic rings. The Morgan fingerprint density at radius 3 is 2.24 bits per heavy atom. The first-order valence-electron chi connectivity index (χ1n) is 7.99. The minimum atomic E-state index is -0.252. The van der Waals surface area contributed by atoms with Gasteiger partial charge in [-0.1, -0.05) is 30.3 Å². The molecule has 0 N–H and O–H groups in total. The number of hydrogen-bond donors (Lipinski definition) is 0. The summed E-state index contributed by atoms with van der Waals surface area (Å²) in [6.45, 7) is 5.98. The van der Waals surface area contributed by atoms with Crippen molar-refractivity contribution in [1.29, 1.82) is 0 Å². The van der Waals surface area contributed by atoms with E-state index in [9.17, 15) is 4.79 Å². The highest BCUT2D eigenvalue weighted by Gasteiger charge is 2.25. The largest absolute Gasteiger partial charge is 0.336 e. The van der Waals surface area contributed by atoms with Crippen LogP contribution in [0, 0.1) is 0 Å². The number of aromatic nitrogens is 3. The molecule has 3 rings (SSSR count). The molecule has 0 fully saturated rings. The maximum absolute atomic E-state index is 12.5. The molecule has 0 saturated carbocycles. The number of amides is 1. The van der Waals surface area contributed by atoms with Crippen molar-refractivity contribution < 1.29 is 4.79 Å². The number of hydrogen-bond acceptors (Lipinski definition) is 5.